The van der Waals surface area contributed by atoms with Gasteiger partial charge in [0.2, 0.25) is 0 Å². The normalized spacial score (nSPS) is 10.1. The van der Waals surface area contributed by atoms with E-state index >= 15 is 0 Å². The van der Waals surface area contributed by atoms with E-state index in [1.807, 2.05) is 32.0 Å². The zero-order valence-electron chi connectivity index (χ0n) is 13.9. The molecule has 2 aromatic carbocycles. The monoisotopic (exact) mass is 328 g/mol. The Balaban J connectivity index is 2.12. The van der Waals surface area contributed by atoms with Gasteiger partial charge in [0.05, 0.1) is 12.7 Å². The quantitative estimate of drug-likeness (QED) is 0.852. The Morgan fingerprint density at radius 3 is 2.50 bits per heavy atom. The van der Waals surface area contributed by atoms with Crippen molar-refractivity contribution in [2.75, 3.05) is 19.0 Å². The maximum absolute atomic E-state index is 12.1. The zero-order valence-corrected chi connectivity index (χ0v) is 13.9. The van der Waals surface area contributed by atoms with E-state index in [0.29, 0.717) is 5.75 Å². The second-order valence-corrected chi connectivity index (χ2v) is 5.29. The van der Waals surface area contributed by atoms with Gasteiger partial charge in [-0.2, -0.15) is 0 Å². The summed E-state index contributed by atoms with van der Waals surface area (Å²) >= 11 is 0. The Bertz CT molecular complexity index is 772. The van der Waals surface area contributed by atoms with Crippen molar-refractivity contribution in [3.8, 4) is 11.5 Å². The topological polar surface area (TPSA) is 90.7 Å². The number of carbonyl (C=O) groups is 2. The average Bonchev–Trinajstić information content (AvgIpc) is 2.56. The second kappa shape index (κ2) is 7.50. The summed E-state index contributed by atoms with van der Waals surface area (Å²) in [6.45, 7) is 3.63. The number of ether oxygens (including phenoxy) is 2. The average molecular weight is 328 g/mol. The number of para-hydroxylation sites is 1. The molecule has 0 saturated heterocycles. The Morgan fingerprint density at radius 1 is 1.12 bits per heavy atom. The minimum Gasteiger partial charge on any atom is -0.493 e. The van der Waals surface area contributed by atoms with Gasteiger partial charge in [0.25, 0.3) is 11.8 Å². The van der Waals surface area contributed by atoms with Gasteiger partial charge in [-0.3, -0.25) is 9.59 Å². The number of aryl methyl sites for hydroxylation is 1. The fourth-order valence-electron chi connectivity index (χ4n) is 2.23. The molecule has 0 heterocycles. The number of primary amides is 1. The van der Waals surface area contributed by atoms with Gasteiger partial charge in [-0.15, -0.1) is 0 Å². The fourth-order valence-corrected chi connectivity index (χ4v) is 2.23. The molecule has 2 rings (SSSR count). The summed E-state index contributed by atoms with van der Waals surface area (Å²) in [5.41, 5.74) is 8.28. The van der Waals surface area contributed by atoms with Gasteiger partial charge in [-0.1, -0.05) is 18.2 Å². The maximum Gasteiger partial charge on any atom is 0.262 e. The zero-order chi connectivity index (χ0) is 17.7. The summed E-state index contributed by atoms with van der Waals surface area (Å²) in [5, 5.41) is 2.79. The van der Waals surface area contributed by atoms with Crippen LogP contribution in [0.5, 0.6) is 11.5 Å². The van der Waals surface area contributed by atoms with Gasteiger partial charge in [0.15, 0.2) is 18.1 Å². The van der Waals surface area contributed by atoms with Crippen LogP contribution in [-0.2, 0) is 4.79 Å². The molecule has 126 valence electrons. The number of hydrogen-bond donors (Lipinski definition) is 2. The Hall–Kier alpha value is -3.02. The summed E-state index contributed by atoms with van der Waals surface area (Å²) in [4.78, 5) is 23.6. The lowest BCUT2D eigenvalue weighted by Gasteiger charge is -2.14. The maximum atomic E-state index is 12.1. The molecule has 2 amide bonds. The van der Waals surface area contributed by atoms with Crippen LogP contribution in [0.4, 0.5) is 5.69 Å². The van der Waals surface area contributed by atoms with E-state index in [2.05, 4.69) is 5.32 Å². The molecular weight excluding hydrogens is 308 g/mol. The lowest BCUT2D eigenvalue weighted by molar-refractivity contribution is -0.118. The van der Waals surface area contributed by atoms with Crippen LogP contribution in [0.15, 0.2) is 36.4 Å². The minimum absolute atomic E-state index is 0.156. The van der Waals surface area contributed by atoms with Crippen LogP contribution in [0.2, 0.25) is 0 Å². The molecule has 0 saturated carbocycles. The van der Waals surface area contributed by atoms with Crippen molar-refractivity contribution in [2.45, 2.75) is 13.8 Å². The number of carbonyl (C=O) groups excluding carboxylic acids is 2. The van der Waals surface area contributed by atoms with E-state index in [4.69, 9.17) is 15.2 Å². The molecule has 0 aliphatic carbocycles. The van der Waals surface area contributed by atoms with Crippen molar-refractivity contribution >= 4 is 17.5 Å². The van der Waals surface area contributed by atoms with Crippen LogP contribution in [-0.4, -0.2) is 25.5 Å². The van der Waals surface area contributed by atoms with Crippen molar-refractivity contribution in [1.29, 1.82) is 0 Å². The second-order valence-electron chi connectivity index (χ2n) is 5.29. The van der Waals surface area contributed by atoms with Crippen molar-refractivity contribution in [1.82, 2.24) is 0 Å². The summed E-state index contributed by atoms with van der Waals surface area (Å²) in [6, 6.07) is 10.4. The summed E-state index contributed by atoms with van der Waals surface area (Å²) in [6.07, 6.45) is 0. The molecule has 0 atom stereocenters. The van der Waals surface area contributed by atoms with Crippen LogP contribution in [0, 0.1) is 13.8 Å². The third-order valence-corrected chi connectivity index (χ3v) is 3.69. The molecule has 0 bridgehead atoms. The predicted octanol–water partition coefficient (Wildman–Crippen LogP) is 2.43. The first kappa shape index (κ1) is 17.3. The molecule has 2 aromatic rings. The van der Waals surface area contributed by atoms with Crippen LogP contribution in [0.1, 0.15) is 21.5 Å². The molecule has 24 heavy (non-hydrogen) atoms. The number of nitrogens with two attached hydrogens (primary N) is 1. The van der Waals surface area contributed by atoms with Crippen LogP contribution in [0.25, 0.3) is 0 Å². The molecule has 0 fully saturated rings. The third kappa shape index (κ3) is 3.84. The van der Waals surface area contributed by atoms with E-state index in [9.17, 15) is 9.59 Å². The number of nitrogens with one attached hydrogen (secondary N) is 1. The lowest BCUT2D eigenvalue weighted by Crippen LogP contribution is -2.22. The molecule has 0 aromatic heterocycles. The van der Waals surface area contributed by atoms with Crippen LogP contribution >= 0.6 is 0 Å². The minimum atomic E-state index is -0.654. The Labute approximate surface area is 140 Å². The van der Waals surface area contributed by atoms with Gasteiger partial charge < -0.3 is 20.5 Å². The highest BCUT2D eigenvalue weighted by Crippen LogP contribution is 2.30. The number of rotatable bonds is 6. The molecule has 6 nitrogen and oxygen atoms in total. The van der Waals surface area contributed by atoms with Crippen LogP contribution in [0.3, 0.4) is 0 Å². The van der Waals surface area contributed by atoms with Crippen molar-refractivity contribution in [3.63, 3.8) is 0 Å². The highest BCUT2D eigenvalue weighted by molar-refractivity contribution is 5.97. The number of hydrogen-bond acceptors (Lipinski definition) is 4. The molecule has 0 radical (unpaired) electrons. The number of benzene rings is 2. The van der Waals surface area contributed by atoms with Crippen molar-refractivity contribution in [2.24, 2.45) is 5.73 Å². The summed E-state index contributed by atoms with van der Waals surface area (Å²) < 4.78 is 10.6. The lowest BCUT2D eigenvalue weighted by atomic mass is 10.1. The smallest absolute Gasteiger partial charge is 0.262 e. The van der Waals surface area contributed by atoms with E-state index in [1.165, 1.54) is 13.2 Å². The van der Waals surface area contributed by atoms with Crippen molar-refractivity contribution in [3.05, 3.63) is 53.1 Å². The van der Waals surface area contributed by atoms with Gasteiger partial charge in [0.1, 0.15) is 0 Å². The number of methoxy groups -OCH3 is 1. The van der Waals surface area contributed by atoms with Crippen molar-refractivity contribution < 1.29 is 19.1 Å². The molecule has 0 spiro atoms. The summed E-state index contributed by atoms with van der Waals surface area (Å²) in [5.74, 6) is -0.502. The molecular formula is C18H20N2O4. The van der Waals surface area contributed by atoms with Gasteiger partial charge in [-0.25, -0.2) is 0 Å². The largest absolute Gasteiger partial charge is 0.493 e. The molecule has 0 unspecified atom stereocenters. The van der Waals surface area contributed by atoms with Gasteiger partial charge >= 0.3 is 0 Å². The van der Waals surface area contributed by atoms with Gasteiger partial charge in [-0.05, 0) is 43.2 Å². The highest BCUT2D eigenvalue weighted by atomic mass is 16.5. The molecule has 6 heteroatoms. The number of anilines is 1. The van der Waals surface area contributed by atoms with Gasteiger partial charge in [0, 0.05) is 5.69 Å². The first-order chi connectivity index (χ1) is 11.4. The highest BCUT2D eigenvalue weighted by Gasteiger charge is 2.16. The Morgan fingerprint density at radius 2 is 1.83 bits per heavy atom. The fraction of sp³-hybridized carbons (Fsp3) is 0.222. The SMILES string of the molecule is COc1cccc(C(N)=O)c1OCC(=O)Nc1cccc(C)c1C. The third-order valence-electron chi connectivity index (χ3n) is 3.69. The molecule has 0 aliphatic rings. The first-order valence-corrected chi connectivity index (χ1v) is 7.39. The van der Waals surface area contributed by atoms with E-state index in [0.717, 1.165) is 16.8 Å². The van der Waals surface area contributed by atoms with E-state index < -0.39 is 5.91 Å². The summed E-state index contributed by atoms with van der Waals surface area (Å²) in [7, 11) is 1.45. The van der Waals surface area contributed by atoms with E-state index in [-0.39, 0.29) is 23.8 Å². The number of amides is 2. The molecule has 0 aliphatic heterocycles. The molecule has 3 N–H and O–H groups in total. The first-order valence-electron chi connectivity index (χ1n) is 7.39. The predicted molar refractivity (Wildman–Crippen MR) is 91.6 cm³/mol. The standard InChI is InChI=1S/C18H20N2O4/c1-11-6-4-8-14(12(11)2)20-16(21)10-24-17-13(18(19)22)7-5-9-15(17)23-3/h4-9H,10H2,1-3H3,(H2,19,22)(H,20,21). The van der Waals surface area contributed by atoms with E-state index in [1.54, 1.807) is 12.1 Å². The Kier molecular flexibility index (Phi) is 5.42. The van der Waals surface area contributed by atoms with Crippen LogP contribution < -0.4 is 20.5 Å².